The molecule has 0 saturated carbocycles. The smallest absolute Gasteiger partial charge is 0.241 e. The molecule has 0 N–H and O–H groups in total. The number of hydrogen-bond donors (Lipinski definition) is 0. The Labute approximate surface area is 272 Å². The van der Waals surface area contributed by atoms with E-state index in [4.69, 9.17) is 9.47 Å². The SMILES string of the molecule is Cc1c[c-]c(-c2cc(C)c(C)cn2)cc1.Cc1ccc(-c2[c-]ccc3c2Oc2cccc4c2B3c2ccccc2O4)nc1.[Ir]. The van der Waals surface area contributed by atoms with Crippen molar-refractivity contribution in [3.05, 3.63) is 138 Å². The molecule has 1 radical (unpaired) electrons. The van der Waals surface area contributed by atoms with Crippen LogP contribution < -0.4 is 25.9 Å². The molecule has 2 aliphatic heterocycles. The maximum atomic E-state index is 6.40. The fourth-order valence-corrected chi connectivity index (χ4v) is 5.58. The topological polar surface area (TPSA) is 44.2 Å². The summed E-state index contributed by atoms with van der Waals surface area (Å²) in [6.07, 6.45) is 3.79. The van der Waals surface area contributed by atoms with Gasteiger partial charge in [0.1, 0.15) is 17.2 Å². The average Bonchev–Trinajstić information content (AvgIpc) is 3.03. The number of aromatic nitrogens is 2. The second-order valence-corrected chi connectivity index (χ2v) is 11.1. The molecule has 4 nitrogen and oxygen atoms in total. The first-order valence-corrected chi connectivity index (χ1v) is 14.4. The van der Waals surface area contributed by atoms with Crippen molar-refractivity contribution < 1.29 is 29.6 Å². The van der Waals surface area contributed by atoms with Crippen molar-refractivity contribution in [1.29, 1.82) is 0 Å². The molecule has 6 aromatic rings. The van der Waals surface area contributed by atoms with E-state index in [1.807, 2.05) is 67.8 Å². The normalized spacial score (nSPS) is 11.8. The molecule has 0 saturated heterocycles. The molecular weight excluding hydrogens is 719 g/mol. The number of hydrogen-bond acceptors (Lipinski definition) is 4. The van der Waals surface area contributed by atoms with Gasteiger partial charge >= 0.3 is 0 Å². The number of para-hydroxylation sites is 1. The first-order valence-electron chi connectivity index (χ1n) is 14.4. The third-order valence-electron chi connectivity index (χ3n) is 8.05. The summed E-state index contributed by atoms with van der Waals surface area (Å²) in [7, 11) is 0. The van der Waals surface area contributed by atoms with Crippen LogP contribution in [0.1, 0.15) is 22.3 Å². The predicted molar refractivity (Wildman–Crippen MR) is 174 cm³/mol. The summed E-state index contributed by atoms with van der Waals surface area (Å²) in [5.74, 6) is 3.41. The van der Waals surface area contributed by atoms with Gasteiger partial charge in [0, 0.05) is 43.7 Å². The van der Waals surface area contributed by atoms with Crippen LogP contribution in [0.5, 0.6) is 23.0 Å². The molecule has 0 bridgehead atoms. The Morgan fingerprint density at radius 2 is 1.39 bits per heavy atom. The molecule has 0 fully saturated rings. The Bertz CT molecular complexity index is 1970. The van der Waals surface area contributed by atoms with Crippen LogP contribution in [0.2, 0.25) is 0 Å². The van der Waals surface area contributed by atoms with E-state index in [9.17, 15) is 0 Å². The summed E-state index contributed by atoms with van der Waals surface area (Å²) in [5, 5.41) is 0. The van der Waals surface area contributed by atoms with Crippen LogP contribution in [0, 0.1) is 39.8 Å². The molecule has 8 rings (SSSR count). The van der Waals surface area contributed by atoms with Crippen LogP contribution in [-0.4, -0.2) is 16.7 Å². The molecule has 0 aliphatic carbocycles. The van der Waals surface area contributed by atoms with Gasteiger partial charge in [-0.05, 0) is 66.9 Å². The molecule has 2 aromatic heterocycles. The summed E-state index contributed by atoms with van der Waals surface area (Å²) < 4.78 is 12.6. The van der Waals surface area contributed by atoms with Crippen molar-refractivity contribution in [2.45, 2.75) is 27.7 Å². The quantitative estimate of drug-likeness (QED) is 0.141. The molecule has 0 unspecified atom stereocenters. The standard InChI is InChI=1S/C24H15BNO2.C14H14N.Ir/c1-15-12-13-19(26-14-15)16-6-4-8-18-24(16)28-22-11-5-10-21-23(22)25(18)17-7-2-3-9-20(17)27-21;1-10-4-6-13(7-5-10)14-8-11(2)12(3)9-15-14;/h2-5,7-14H,1H3;4-6,8-9H,1-3H3;/q2*-1;. The van der Waals surface area contributed by atoms with Gasteiger partial charge in [-0.2, -0.15) is 0 Å². The first-order chi connectivity index (χ1) is 21.0. The number of ether oxygens (including phenoxy) is 2. The van der Waals surface area contributed by atoms with Gasteiger partial charge in [0.05, 0.1) is 0 Å². The first kappa shape index (κ1) is 29.6. The van der Waals surface area contributed by atoms with E-state index in [0.29, 0.717) is 0 Å². The fourth-order valence-electron chi connectivity index (χ4n) is 5.58. The van der Waals surface area contributed by atoms with Crippen LogP contribution in [0.3, 0.4) is 0 Å². The Balaban J connectivity index is 0.000000183. The van der Waals surface area contributed by atoms with Crippen LogP contribution in [0.25, 0.3) is 22.5 Å². The zero-order chi connectivity index (χ0) is 29.5. The zero-order valence-corrected chi connectivity index (χ0v) is 27.3. The number of benzene rings is 4. The van der Waals surface area contributed by atoms with Gasteiger partial charge in [-0.15, -0.1) is 59.1 Å². The van der Waals surface area contributed by atoms with Gasteiger partial charge in [0.2, 0.25) is 6.71 Å². The summed E-state index contributed by atoms with van der Waals surface area (Å²) in [4.78, 5) is 9.01. The van der Waals surface area contributed by atoms with Crippen molar-refractivity contribution in [3.63, 3.8) is 0 Å². The van der Waals surface area contributed by atoms with Gasteiger partial charge in [-0.1, -0.05) is 60.5 Å². The Morgan fingerprint density at radius 3 is 2.14 bits per heavy atom. The van der Waals surface area contributed by atoms with Crippen LogP contribution in [0.15, 0.2) is 103 Å². The number of fused-ring (bicyclic) bond motifs is 4. The number of pyridine rings is 2. The van der Waals surface area contributed by atoms with E-state index >= 15 is 0 Å². The van der Waals surface area contributed by atoms with E-state index in [0.717, 1.165) is 67.5 Å². The van der Waals surface area contributed by atoms with Crippen molar-refractivity contribution in [1.82, 2.24) is 9.97 Å². The molecule has 217 valence electrons. The minimum Gasteiger partial charge on any atom is -0.503 e. The predicted octanol–water partition coefficient (Wildman–Crippen LogP) is 7.06. The average molecular weight is 749 g/mol. The van der Waals surface area contributed by atoms with E-state index in [1.165, 1.54) is 16.7 Å². The fraction of sp³-hybridized carbons (Fsp3) is 0.105. The maximum absolute atomic E-state index is 6.40. The molecule has 0 amide bonds. The monoisotopic (exact) mass is 749 g/mol. The summed E-state index contributed by atoms with van der Waals surface area (Å²) >= 11 is 0. The number of aryl methyl sites for hydroxylation is 4. The molecule has 0 spiro atoms. The van der Waals surface area contributed by atoms with Gasteiger partial charge < -0.3 is 19.4 Å². The second kappa shape index (κ2) is 12.2. The molecular formula is C38H29BIrN2O2-2. The second-order valence-electron chi connectivity index (χ2n) is 11.1. The Kier molecular flexibility index (Phi) is 8.22. The zero-order valence-electron chi connectivity index (χ0n) is 24.9. The van der Waals surface area contributed by atoms with E-state index in [1.54, 1.807) is 0 Å². The minimum atomic E-state index is 0. The van der Waals surface area contributed by atoms with Gasteiger partial charge in [0.25, 0.3) is 0 Å². The van der Waals surface area contributed by atoms with E-state index in [-0.39, 0.29) is 26.8 Å². The van der Waals surface area contributed by atoms with Crippen molar-refractivity contribution in [2.75, 3.05) is 0 Å². The summed E-state index contributed by atoms with van der Waals surface area (Å²) in [6.45, 7) is 8.35. The van der Waals surface area contributed by atoms with Gasteiger partial charge in [-0.25, -0.2) is 0 Å². The Hall–Kier alpha value is -4.51. The largest absolute Gasteiger partial charge is 0.503 e. The molecule has 0 atom stereocenters. The van der Waals surface area contributed by atoms with Crippen LogP contribution >= 0.6 is 0 Å². The molecule has 6 heteroatoms. The maximum Gasteiger partial charge on any atom is 0.241 e. The van der Waals surface area contributed by atoms with E-state index < -0.39 is 0 Å². The Morgan fingerprint density at radius 1 is 0.636 bits per heavy atom. The number of rotatable bonds is 2. The molecule has 4 aromatic carbocycles. The van der Waals surface area contributed by atoms with Crippen LogP contribution in [-0.2, 0) is 20.1 Å². The van der Waals surface area contributed by atoms with Gasteiger partial charge in [0.15, 0.2) is 0 Å². The van der Waals surface area contributed by atoms with Crippen molar-refractivity contribution >= 4 is 23.1 Å². The third-order valence-corrected chi connectivity index (χ3v) is 8.05. The third kappa shape index (κ3) is 5.48. The number of nitrogens with zero attached hydrogens (tertiary/aromatic N) is 2. The summed E-state index contributed by atoms with van der Waals surface area (Å²) in [6, 6.07) is 37.2. The molecule has 2 aliphatic rings. The minimum absolute atomic E-state index is 0. The molecule has 4 heterocycles. The van der Waals surface area contributed by atoms with Crippen molar-refractivity contribution in [3.8, 4) is 45.5 Å². The molecule has 44 heavy (non-hydrogen) atoms. The van der Waals surface area contributed by atoms with E-state index in [2.05, 4.69) is 85.3 Å². The van der Waals surface area contributed by atoms with Gasteiger partial charge in [-0.3, -0.25) is 0 Å². The van der Waals surface area contributed by atoms with Crippen molar-refractivity contribution in [2.24, 2.45) is 0 Å². The van der Waals surface area contributed by atoms with Crippen LogP contribution in [0.4, 0.5) is 0 Å². The summed E-state index contributed by atoms with van der Waals surface area (Å²) in [5.41, 5.74) is 12.0.